The van der Waals surface area contributed by atoms with E-state index in [4.69, 9.17) is 4.74 Å². The summed E-state index contributed by atoms with van der Waals surface area (Å²) in [7, 11) is 0. The largest absolute Gasteiger partial charge is 0.367 e. The van der Waals surface area contributed by atoms with Crippen LogP contribution in [-0.4, -0.2) is 38.9 Å². The minimum absolute atomic E-state index is 0.00740. The van der Waals surface area contributed by atoms with Crippen molar-refractivity contribution in [2.24, 2.45) is 0 Å². The first kappa shape index (κ1) is 17.8. The maximum Gasteiger partial charge on any atom is 0.168 e. The molecule has 1 aliphatic rings. The number of halogens is 1. The molecule has 4 aromatic rings. The summed E-state index contributed by atoms with van der Waals surface area (Å²) in [5.74, 6) is 0.583. The highest BCUT2D eigenvalue weighted by Gasteiger charge is 2.29. The predicted octanol–water partition coefficient (Wildman–Crippen LogP) is 3.92. The van der Waals surface area contributed by atoms with Crippen LogP contribution in [0.2, 0.25) is 0 Å². The molecular formula is C22H20FN5O. The molecule has 2 aromatic heterocycles. The molecule has 0 bridgehead atoms. The smallest absolute Gasteiger partial charge is 0.168 e. The van der Waals surface area contributed by atoms with Crippen LogP contribution >= 0.6 is 0 Å². The Morgan fingerprint density at radius 2 is 1.79 bits per heavy atom. The summed E-state index contributed by atoms with van der Waals surface area (Å²) in [5, 5.41) is 5.43. The average molecular weight is 389 g/mol. The Balaban J connectivity index is 1.51. The molecular weight excluding hydrogens is 369 g/mol. The predicted molar refractivity (Wildman–Crippen MR) is 109 cm³/mol. The number of aromatic nitrogens is 4. The number of ether oxygens (including phenoxy) is 1. The summed E-state index contributed by atoms with van der Waals surface area (Å²) in [5.41, 5.74) is 2.67. The van der Waals surface area contributed by atoms with Crippen molar-refractivity contribution in [2.75, 3.05) is 18.0 Å². The van der Waals surface area contributed by atoms with Gasteiger partial charge in [-0.05, 0) is 36.8 Å². The molecule has 0 amide bonds. The second-order valence-corrected chi connectivity index (χ2v) is 7.22. The quantitative estimate of drug-likeness (QED) is 0.532. The van der Waals surface area contributed by atoms with Crippen molar-refractivity contribution in [3.63, 3.8) is 0 Å². The van der Waals surface area contributed by atoms with Crippen LogP contribution < -0.4 is 4.90 Å². The van der Waals surface area contributed by atoms with Crippen LogP contribution in [-0.2, 0) is 4.74 Å². The van der Waals surface area contributed by atoms with Crippen molar-refractivity contribution in [1.82, 2.24) is 19.7 Å². The number of para-hydroxylation sites is 1. The van der Waals surface area contributed by atoms with Gasteiger partial charge in [0.05, 0.1) is 23.4 Å². The fourth-order valence-corrected chi connectivity index (χ4v) is 3.83. The number of hydrogen-bond acceptors (Lipinski definition) is 5. The molecule has 1 saturated heterocycles. The van der Waals surface area contributed by atoms with Gasteiger partial charge in [0.15, 0.2) is 5.65 Å². The Morgan fingerprint density at radius 3 is 2.59 bits per heavy atom. The lowest BCUT2D eigenvalue weighted by Gasteiger charge is -2.37. The molecule has 146 valence electrons. The molecule has 0 aliphatic carbocycles. The van der Waals surface area contributed by atoms with Crippen LogP contribution in [0.3, 0.4) is 0 Å². The van der Waals surface area contributed by atoms with E-state index in [1.807, 2.05) is 48.1 Å². The summed E-state index contributed by atoms with van der Waals surface area (Å²) in [4.78, 5) is 11.2. The Bertz CT molecular complexity index is 1130. The van der Waals surface area contributed by atoms with Crippen molar-refractivity contribution in [3.05, 3.63) is 78.5 Å². The molecule has 0 saturated carbocycles. The summed E-state index contributed by atoms with van der Waals surface area (Å²) >= 11 is 0. The maximum atomic E-state index is 13.3. The highest BCUT2D eigenvalue weighted by atomic mass is 19.1. The van der Waals surface area contributed by atoms with Gasteiger partial charge >= 0.3 is 0 Å². The van der Waals surface area contributed by atoms with Crippen LogP contribution in [0.25, 0.3) is 16.7 Å². The van der Waals surface area contributed by atoms with Crippen LogP contribution in [0.15, 0.2) is 67.1 Å². The molecule has 3 heterocycles. The van der Waals surface area contributed by atoms with Crippen molar-refractivity contribution >= 4 is 16.9 Å². The lowest BCUT2D eigenvalue weighted by molar-refractivity contribution is -0.0175. The van der Waals surface area contributed by atoms with E-state index in [0.717, 1.165) is 28.1 Å². The fraction of sp³-hybridized carbons (Fsp3) is 0.227. The van der Waals surface area contributed by atoms with Gasteiger partial charge in [-0.25, -0.2) is 19.0 Å². The van der Waals surface area contributed by atoms with Gasteiger partial charge in [0.25, 0.3) is 0 Å². The van der Waals surface area contributed by atoms with Gasteiger partial charge in [-0.2, -0.15) is 5.10 Å². The lowest BCUT2D eigenvalue weighted by atomic mass is 10.1. The molecule has 0 spiro atoms. The zero-order valence-electron chi connectivity index (χ0n) is 15.9. The second-order valence-electron chi connectivity index (χ2n) is 7.22. The first-order valence-electron chi connectivity index (χ1n) is 9.59. The van der Waals surface area contributed by atoms with Gasteiger partial charge in [-0.3, -0.25) is 0 Å². The standard InChI is InChI=1S/C22H20FN5O/c1-15-12-27(13-20(29-15)16-7-9-17(23)10-8-16)21-19-11-26-28(22(19)25-14-24-21)18-5-3-2-4-6-18/h2-11,14-15,20H,12-13H2,1H3. The number of hydrogen-bond donors (Lipinski definition) is 0. The second kappa shape index (κ2) is 7.25. The van der Waals surface area contributed by atoms with E-state index in [2.05, 4.69) is 20.0 Å². The molecule has 2 unspecified atom stereocenters. The van der Waals surface area contributed by atoms with Crippen LogP contribution in [0.1, 0.15) is 18.6 Å². The topological polar surface area (TPSA) is 56.1 Å². The molecule has 2 aromatic carbocycles. The van der Waals surface area contributed by atoms with Gasteiger partial charge in [-0.15, -0.1) is 0 Å². The first-order valence-corrected chi connectivity index (χ1v) is 9.59. The van der Waals surface area contributed by atoms with E-state index in [1.54, 1.807) is 18.5 Å². The minimum atomic E-state index is -0.250. The van der Waals surface area contributed by atoms with E-state index in [9.17, 15) is 4.39 Å². The Morgan fingerprint density at radius 1 is 1.00 bits per heavy atom. The molecule has 1 fully saturated rings. The molecule has 2 atom stereocenters. The Labute approximate surface area is 167 Å². The number of rotatable bonds is 3. The third kappa shape index (κ3) is 3.34. The SMILES string of the molecule is CC1CN(c2ncnc3c2cnn3-c2ccccc2)CC(c2ccc(F)cc2)O1. The summed E-state index contributed by atoms with van der Waals surface area (Å²) in [6.07, 6.45) is 3.23. The number of anilines is 1. The van der Waals surface area contributed by atoms with Gasteiger partial charge < -0.3 is 9.64 Å². The number of nitrogens with zero attached hydrogens (tertiary/aromatic N) is 5. The van der Waals surface area contributed by atoms with E-state index < -0.39 is 0 Å². The molecule has 7 heteroatoms. The van der Waals surface area contributed by atoms with E-state index in [1.165, 1.54) is 12.1 Å². The third-order valence-corrected chi connectivity index (χ3v) is 5.15. The zero-order chi connectivity index (χ0) is 19.8. The van der Waals surface area contributed by atoms with Gasteiger partial charge in [-0.1, -0.05) is 30.3 Å². The molecule has 0 radical (unpaired) electrons. The fourth-order valence-electron chi connectivity index (χ4n) is 3.83. The molecule has 29 heavy (non-hydrogen) atoms. The highest BCUT2D eigenvalue weighted by molar-refractivity contribution is 5.87. The Hall–Kier alpha value is -3.32. The molecule has 6 nitrogen and oxygen atoms in total. The van der Waals surface area contributed by atoms with Crippen molar-refractivity contribution in [2.45, 2.75) is 19.1 Å². The molecule has 5 rings (SSSR count). The minimum Gasteiger partial charge on any atom is -0.367 e. The number of morpholine rings is 1. The van der Waals surface area contributed by atoms with E-state index >= 15 is 0 Å². The van der Waals surface area contributed by atoms with Crippen LogP contribution in [0.5, 0.6) is 0 Å². The summed E-state index contributed by atoms with van der Waals surface area (Å²) in [6.45, 7) is 3.37. The van der Waals surface area contributed by atoms with E-state index in [-0.39, 0.29) is 18.0 Å². The Kier molecular flexibility index (Phi) is 4.44. The number of fused-ring (bicyclic) bond motifs is 1. The van der Waals surface area contributed by atoms with Gasteiger partial charge in [0, 0.05) is 13.1 Å². The molecule has 0 N–H and O–H groups in total. The van der Waals surface area contributed by atoms with Gasteiger partial charge in [0.1, 0.15) is 24.1 Å². The first-order chi connectivity index (χ1) is 14.2. The summed E-state index contributed by atoms with van der Waals surface area (Å²) < 4.78 is 21.3. The van der Waals surface area contributed by atoms with Crippen molar-refractivity contribution in [3.8, 4) is 5.69 Å². The van der Waals surface area contributed by atoms with Gasteiger partial charge in [0.2, 0.25) is 0 Å². The zero-order valence-corrected chi connectivity index (χ0v) is 15.9. The highest BCUT2D eigenvalue weighted by Crippen LogP contribution is 2.31. The average Bonchev–Trinajstić information content (AvgIpc) is 3.19. The monoisotopic (exact) mass is 389 g/mol. The summed E-state index contributed by atoms with van der Waals surface area (Å²) in [6, 6.07) is 16.4. The maximum absolute atomic E-state index is 13.3. The normalized spacial score (nSPS) is 19.6. The van der Waals surface area contributed by atoms with E-state index in [0.29, 0.717) is 13.1 Å². The van der Waals surface area contributed by atoms with Crippen LogP contribution in [0.4, 0.5) is 10.2 Å². The third-order valence-electron chi connectivity index (χ3n) is 5.15. The molecule has 1 aliphatic heterocycles. The van der Waals surface area contributed by atoms with Crippen molar-refractivity contribution in [1.29, 1.82) is 0 Å². The van der Waals surface area contributed by atoms with Crippen LogP contribution in [0, 0.1) is 5.82 Å². The lowest BCUT2D eigenvalue weighted by Crippen LogP contribution is -2.43. The van der Waals surface area contributed by atoms with Crippen molar-refractivity contribution < 1.29 is 9.13 Å². The number of benzene rings is 2.